The molecule has 2 N–H and O–H groups in total. The van der Waals surface area contributed by atoms with Crippen LogP contribution in [0.5, 0.6) is 0 Å². The standard InChI is InChI=1S/C16H23NO/c1-11-8-12(2)10-13(9-11)16(18)14-6-4-3-5-7-15(14)17/h8-10,14-15H,3-7,17H2,1-2H3. The lowest BCUT2D eigenvalue weighted by atomic mass is 9.87. The number of nitrogens with two attached hydrogens (primary N) is 1. The van der Waals surface area contributed by atoms with Crippen molar-refractivity contribution in [3.8, 4) is 0 Å². The summed E-state index contributed by atoms with van der Waals surface area (Å²) in [6, 6.07) is 6.13. The zero-order valence-electron chi connectivity index (χ0n) is 11.4. The van der Waals surface area contributed by atoms with E-state index in [0.29, 0.717) is 0 Å². The van der Waals surface area contributed by atoms with Crippen LogP contribution in [0.4, 0.5) is 0 Å². The second kappa shape index (κ2) is 5.66. The number of carbonyl (C=O) groups is 1. The van der Waals surface area contributed by atoms with Crippen LogP contribution in [0.25, 0.3) is 0 Å². The summed E-state index contributed by atoms with van der Waals surface area (Å²) < 4.78 is 0. The van der Waals surface area contributed by atoms with E-state index in [-0.39, 0.29) is 17.7 Å². The van der Waals surface area contributed by atoms with Crippen LogP contribution in [0, 0.1) is 19.8 Å². The van der Waals surface area contributed by atoms with E-state index >= 15 is 0 Å². The molecule has 0 amide bonds. The van der Waals surface area contributed by atoms with Crippen LogP contribution in [0.15, 0.2) is 18.2 Å². The monoisotopic (exact) mass is 245 g/mol. The quantitative estimate of drug-likeness (QED) is 0.641. The van der Waals surface area contributed by atoms with Crippen molar-refractivity contribution in [1.82, 2.24) is 0 Å². The molecule has 0 aromatic heterocycles. The zero-order chi connectivity index (χ0) is 13.1. The fraction of sp³-hybridized carbons (Fsp3) is 0.562. The zero-order valence-corrected chi connectivity index (χ0v) is 11.4. The number of hydrogen-bond donors (Lipinski definition) is 1. The molecule has 1 aromatic rings. The number of benzene rings is 1. The summed E-state index contributed by atoms with van der Waals surface area (Å²) in [7, 11) is 0. The van der Waals surface area contributed by atoms with Gasteiger partial charge in [0, 0.05) is 17.5 Å². The number of hydrogen-bond acceptors (Lipinski definition) is 2. The molecule has 0 radical (unpaired) electrons. The lowest BCUT2D eigenvalue weighted by molar-refractivity contribution is 0.0894. The normalized spacial score (nSPS) is 24.6. The molecular formula is C16H23NO. The molecule has 0 aliphatic heterocycles. The van der Waals surface area contributed by atoms with Gasteiger partial charge in [0.15, 0.2) is 5.78 Å². The molecule has 2 heteroatoms. The van der Waals surface area contributed by atoms with Gasteiger partial charge >= 0.3 is 0 Å². The largest absolute Gasteiger partial charge is 0.327 e. The van der Waals surface area contributed by atoms with Crippen molar-refractivity contribution in [3.63, 3.8) is 0 Å². The van der Waals surface area contributed by atoms with E-state index in [1.165, 1.54) is 6.42 Å². The first-order chi connectivity index (χ1) is 8.58. The van der Waals surface area contributed by atoms with E-state index < -0.39 is 0 Å². The highest BCUT2D eigenvalue weighted by Crippen LogP contribution is 2.26. The molecule has 1 aliphatic rings. The maximum atomic E-state index is 12.6. The van der Waals surface area contributed by atoms with Crippen LogP contribution in [-0.4, -0.2) is 11.8 Å². The maximum absolute atomic E-state index is 12.6. The SMILES string of the molecule is Cc1cc(C)cc(C(=O)C2CCCCCC2N)c1. The molecule has 0 spiro atoms. The average Bonchev–Trinajstić information content (AvgIpc) is 2.51. The summed E-state index contributed by atoms with van der Waals surface area (Å²) in [6.07, 6.45) is 5.45. The third-order valence-corrected chi connectivity index (χ3v) is 3.91. The Kier molecular flexibility index (Phi) is 4.18. The van der Waals surface area contributed by atoms with Gasteiger partial charge in [-0.05, 0) is 38.8 Å². The Morgan fingerprint density at radius 2 is 1.67 bits per heavy atom. The Labute approximate surface area is 110 Å². The maximum Gasteiger partial charge on any atom is 0.167 e. The first kappa shape index (κ1) is 13.3. The fourth-order valence-corrected chi connectivity index (χ4v) is 2.99. The molecule has 0 heterocycles. The Bertz CT molecular complexity index is 418. The smallest absolute Gasteiger partial charge is 0.167 e. The van der Waals surface area contributed by atoms with Gasteiger partial charge in [-0.2, -0.15) is 0 Å². The molecule has 2 rings (SSSR count). The van der Waals surface area contributed by atoms with Crippen LogP contribution in [-0.2, 0) is 0 Å². The second-order valence-corrected chi connectivity index (χ2v) is 5.65. The van der Waals surface area contributed by atoms with Gasteiger partial charge in [-0.3, -0.25) is 4.79 Å². The van der Waals surface area contributed by atoms with Gasteiger partial charge in [0.2, 0.25) is 0 Å². The van der Waals surface area contributed by atoms with Gasteiger partial charge in [0.1, 0.15) is 0 Å². The van der Waals surface area contributed by atoms with Gasteiger partial charge in [0.25, 0.3) is 0 Å². The minimum atomic E-state index is 0.0219. The Morgan fingerprint density at radius 1 is 1.06 bits per heavy atom. The first-order valence-electron chi connectivity index (χ1n) is 6.96. The molecular weight excluding hydrogens is 222 g/mol. The van der Waals surface area contributed by atoms with Gasteiger partial charge in [0.05, 0.1) is 0 Å². The summed E-state index contributed by atoms with van der Waals surface area (Å²) in [4.78, 5) is 12.6. The number of carbonyl (C=O) groups excluding carboxylic acids is 1. The van der Waals surface area contributed by atoms with Gasteiger partial charge in [-0.15, -0.1) is 0 Å². The third kappa shape index (κ3) is 2.99. The molecule has 2 nitrogen and oxygen atoms in total. The Morgan fingerprint density at radius 3 is 2.33 bits per heavy atom. The van der Waals surface area contributed by atoms with E-state index in [4.69, 9.17) is 5.73 Å². The number of ketones is 1. The topological polar surface area (TPSA) is 43.1 Å². The van der Waals surface area contributed by atoms with Crippen molar-refractivity contribution < 1.29 is 4.79 Å². The van der Waals surface area contributed by atoms with Gasteiger partial charge in [-0.1, -0.05) is 36.5 Å². The molecule has 2 unspecified atom stereocenters. The molecule has 2 atom stereocenters. The second-order valence-electron chi connectivity index (χ2n) is 5.65. The van der Waals surface area contributed by atoms with Crippen molar-refractivity contribution in [2.24, 2.45) is 11.7 Å². The molecule has 1 aromatic carbocycles. The molecule has 0 saturated heterocycles. The molecule has 1 fully saturated rings. The van der Waals surface area contributed by atoms with E-state index in [1.807, 2.05) is 26.0 Å². The highest BCUT2D eigenvalue weighted by atomic mass is 16.1. The summed E-state index contributed by atoms with van der Waals surface area (Å²) in [5.74, 6) is 0.268. The lowest BCUT2D eigenvalue weighted by Crippen LogP contribution is -2.34. The van der Waals surface area contributed by atoms with Crippen LogP contribution < -0.4 is 5.73 Å². The predicted octanol–water partition coefficient (Wildman–Crippen LogP) is 3.39. The van der Waals surface area contributed by atoms with E-state index in [9.17, 15) is 4.79 Å². The predicted molar refractivity (Wildman–Crippen MR) is 74.8 cm³/mol. The molecule has 18 heavy (non-hydrogen) atoms. The number of rotatable bonds is 2. The molecule has 1 saturated carbocycles. The third-order valence-electron chi connectivity index (χ3n) is 3.91. The van der Waals surface area contributed by atoms with E-state index in [2.05, 4.69) is 6.07 Å². The number of Topliss-reactive ketones (excluding diaryl/α,β-unsaturated/α-hetero) is 1. The summed E-state index contributed by atoms with van der Waals surface area (Å²) in [5.41, 5.74) is 9.32. The van der Waals surface area contributed by atoms with Crippen molar-refractivity contribution in [2.45, 2.75) is 52.0 Å². The highest BCUT2D eigenvalue weighted by Gasteiger charge is 2.27. The Hall–Kier alpha value is -1.15. The lowest BCUT2D eigenvalue weighted by Gasteiger charge is -2.20. The van der Waals surface area contributed by atoms with Crippen molar-refractivity contribution in [2.75, 3.05) is 0 Å². The van der Waals surface area contributed by atoms with Crippen LogP contribution in [0.1, 0.15) is 53.6 Å². The van der Waals surface area contributed by atoms with Crippen molar-refractivity contribution >= 4 is 5.78 Å². The molecule has 98 valence electrons. The minimum Gasteiger partial charge on any atom is -0.327 e. The van der Waals surface area contributed by atoms with E-state index in [0.717, 1.165) is 42.4 Å². The summed E-state index contributed by atoms with van der Waals surface area (Å²) in [6.45, 7) is 4.08. The van der Waals surface area contributed by atoms with Crippen LogP contribution >= 0.6 is 0 Å². The summed E-state index contributed by atoms with van der Waals surface area (Å²) >= 11 is 0. The first-order valence-corrected chi connectivity index (χ1v) is 6.96. The number of aryl methyl sites for hydroxylation is 2. The molecule has 0 bridgehead atoms. The van der Waals surface area contributed by atoms with Gasteiger partial charge < -0.3 is 5.73 Å². The fourth-order valence-electron chi connectivity index (χ4n) is 2.99. The average molecular weight is 245 g/mol. The van der Waals surface area contributed by atoms with Gasteiger partial charge in [-0.25, -0.2) is 0 Å². The van der Waals surface area contributed by atoms with Crippen molar-refractivity contribution in [1.29, 1.82) is 0 Å². The van der Waals surface area contributed by atoms with Crippen LogP contribution in [0.3, 0.4) is 0 Å². The summed E-state index contributed by atoms with van der Waals surface area (Å²) in [5, 5.41) is 0. The van der Waals surface area contributed by atoms with Crippen molar-refractivity contribution in [3.05, 3.63) is 34.9 Å². The Balaban J connectivity index is 2.23. The minimum absolute atomic E-state index is 0.0219. The van der Waals surface area contributed by atoms with E-state index in [1.54, 1.807) is 0 Å². The molecule has 1 aliphatic carbocycles. The highest BCUT2D eigenvalue weighted by molar-refractivity contribution is 5.98. The van der Waals surface area contributed by atoms with Crippen LogP contribution in [0.2, 0.25) is 0 Å².